The van der Waals surface area contributed by atoms with E-state index in [0.717, 1.165) is 32.5 Å². The number of nitrogens with zero attached hydrogens (tertiary/aromatic N) is 1. The highest BCUT2D eigenvalue weighted by Crippen LogP contribution is 2.10. The lowest BCUT2D eigenvalue weighted by atomic mass is 10.1. The van der Waals surface area contributed by atoms with Crippen LogP contribution in [0.5, 0.6) is 0 Å². The Morgan fingerprint density at radius 1 is 0.742 bits per heavy atom. The molecule has 0 aromatic heterocycles. The average Bonchev–Trinajstić information content (AvgIpc) is 2.74. The first-order valence-electron chi connectivity index (χ1n) is 12.5. The number of hydrogen-bond acceptors (Lipinski definition) is 5. The van der Waals surface area contributed by atoms with Crippen LogP contribution in [0, 0.1) is 0 Å². The van der Waals surface area contributed by atoms with Gasteiger partial charge in [0.05, 0.1) is 13.2 Å². The number of rotatable bonds is 21. The molecule has 0 fully saturated rings. The predicted octanol–water partition coefficient (Wildman–Crippen LogP) is 6.16. The van der Waals surface area contributed by atoms with Crippen LogP contribution in [0.4, 0.5) is 0 Å². The minimum Gasteiger partial charge on any atom is -0.395 e. The molecule has 0 radical (unpaired) electrons. The molecular weight excluding hydrogens is 414 g/mol. The molecule has 0 aliphatic rings. The van der Waals surface area contributed by atoms with Gasteiger partial charge in [0.25, 0.3) is 0 Å². The summed E-state index contributed by atoms with van der Waals surface area (Å²) in [5, 5.41) is 8.46. The van der Waals surface area contributed by atoms with Crippen LogP contribution in [-0.2, 0) is 14.6 Å². The fourth-order valence-corrected chi connectivity index (χ4v) is 3.52. The molecule has 0 aromatic rings. The van der Waals surface area contributed by atoms with E-state index in [1.54, 1.807) is 0 Å². The maximum atomic E-state index is 10.3. The van der Waals surface area contributed by atoms with Crippen LogP contribution in [0.1, 0.15) is 111 Å². The number of unbranched alkanes of at least 4 members (excludes halogenated alkanes) is 12. The molecule has 0 spiro atoms. The van der Waals surface area contributed by atoms with Crippen LogP contribution in [0.15, 0.2) is 12.2 Å². The number of likely N-dealkylation sites (N-methyl/N-ethyl adjacent to an activating group) is 1. The van der Waals surface area contributed by atoms with Crippen LogP contribution >= 0.6 is 0 Å². The summed E-state index contributed by atoms with van der Waals surface area (Å²) >= 11 is 0. The Kier molecular flexibility index (Phi) is 27.2. The molecule has 0 saturated carbocycles. The molecule has 0 atom stereocenters. The lowest BCUT2D eigenvalue weighted by molar-refractivity contribution is 0.208. The van der Waals surface area contributed by atoms with Crippen molar-refractivity contribution < 1.29 is 22.3 Å². The van der Waals surface area contributed by atoms with Gasteiger partial charge in [0.2, 0.25) is 0 Å². The van der Waals surface area contributed by atoms with Crippen LogP contribution in [0.2, 0.25) is 0 Å². The molecule has 2 N–H and O–H groups in total. The summed E-state index contributed by atoms with van der Waals surface area (Å²) in [6, 6.07) is 0. The van der Waals surface area contributed by atoms with Crippen LogP contribution < -0.4 is 0 Å². The molecular formula is C24H51NO5S. The smallest absolute Gasteiger partial charge is 0.395 e. The topological polar surface area (TPSA) is 87.1 Å². The van der Waals surface area contributed by atoms with E-state index in [1.807, 2.05) is 0 Å². The summed E-state index contributed by atoms with van der Waals surface area (Å²) in [7, 11) is -4.25. The standard InChI is InChI=1S/C18H36O4S.C6H15NO/c1-2-3-4-5-6-7-8-9-10-11-12-13-14-15-16-17-18-22-23(19,20)21;1-3-7(4-2)5-6-8/h9-10H,2-8,11-18H2,1H3,(H,19,20,21);8H,3-6H2,1-2H3/b10-9-;. The average molecular weight is 466 g/mol. The highest BCUT2D eigenvalue weighted by molar-refractivity contribution is 7.80. The van der Waals surface area contributed by atoms with Crippen LogP contribution in [-0.4, -0.2) is 55.8 Å². The number of aliphatic hydroxyl groups excluding tert-OH is 1. The summed E-state index contributed by atoms with van der Waals surface area (Å²) in [6.07, 6.45) is 21.5. The molecule has 7 heteroatoms. The van der Waals surface area contributed by atoms with E-state index in [2.05, 4.69) is 42.0 Å². The first-order chi connectivity index (χ1) is 14.9. The highest BCUT2D eigenvalue weighted by Gasteiger charge is 2.02. The van der Waals surface area contributed by atoms with Gasteiger partial charge in [-0.2, -0.15) is 8.42 Å². The predicted molar refractivity (Wildman–Crippen MR) is 132 cm³/mol. The van der Waals surface area contributed by atoms with Crippen molar-refractivity contribution >= 4 is 10.4 Å². The van der Waals surface area contributed by atoms with Gasteiger partial charge in [-0.3, -0.25) is 4.55 Å². The summed E-state index contributed by atoms with van der Waals surface area (Å²) < 4.78 is 33.3. The second kappa shape index (κ2) is 25.8. The molecule has 31 heavy (non-hydrogen) atoms. The largest absolute Gasteiger partial charge is 0.397 e. The molecule has 0 rings (SSSR count). The number of allylic oxidation sites excluding steroid dienone is 2. The third-order valence-corrected chi connectivity index (χ3v) is 5.66. The third kappa shape index (κ3) is 31.8. The third-order valence-electron chi connectivity index (χ3n) is 5.20. The summed E-state index contributed by atoms with van der Waals surface area (Å²) in [5.41, 5.74) is 0. The first-order valence-corrected chi connectivity index (χ1v) is 13.9. The maximum Gasteiger partial charge on any atom is 0.397 e. The zero-order valence-corrected chi connectivity index (χ0v) is 21.4. The van der Waals surface area contributed by atoms with E-state index in [-0.39, 0.29) is 13.2 Å². The zero-order valence-electron chi connectivity index (χ0n) is 20.6. The molecule has 0 aliphatic heterocycles. The minimum atomic E-state index is -4.25. The lowest BCUT2D eigenvalue weighted by Crippen LogP contribution is -2.25. The molecule has 0 bridgehead atoms. The fraction of sp³-hybridized carbons (Fsp3) is 0.917. The molecule has 6 nitrogen and oxygen atoms in total. The van der Waals surface area contributed by atoms with Crippen molar-refractivity contribution in [2.24, 2.45) is 0 Å². The van der Waals surface area contributed by atoms with E-state index >= 15 is 0 Å². The zero-order chi connectivity index (χ0) is 23.6. The van der Waals surface area contributed by atoms with Crippen molar-refractivity contribution in [3.05, 3.63) is 12.2 Å². The Bertz CT molecular complexity index is 465. The van der Waals surface area contributed by atoms with Gasteiger partial charge < -0.3 is 10.0 Å². The second-order valence-corrected chi connectivity index (χ2v) is 9.03. The number of hydrogen-bond donors (Lipinski definition) is 2. The summed E-state index contributed by atoms with van der Waals surface area (Å²) in [5.74, 6) is 0. The quantitative estimate of drug-likeness (QED) is 0.120. The van der Waals surface area contributed by atoms with E-state index < -0.39 is 10.4 Å². The summed E-state index contributed by atoms with van der Waals surface area (Å²) in [6.45, 7) is 9.70. The van der Waals surface area contributed by atoms with Gasteiger partial charge >= 0.3 is 10.4 Å². The molecule has 0 aliphatic carbocycles. The van der Waals surface area contributed by atoms with Gasteiger partial charge in [-0.15, -0.1) is 0 Å². The van der Waals surface area contributed by atoms with Gasteiger partial charge in [0.15, 0.2) is 0 Å². The van der Waals surface area contributed by atoms with Gasteiger partial charge in [-0.25, -0.2) is 4.18 Å². The van der Waals surface area contributed by atoms with Crippen molar-refractivity contribution in [1.82, 2.24) is 4.90 Å². The van der Waals surface area contributed by atoms with Gasteiger partial charge in [0.1, 0.15) is 0 Å². The molecule has 0 heterocycles. The van der Waals surface area contributed by atoms with Gasteiger partial charge in [-0.05, 0) is 45.2 Å². The molecule has 188 valence electrons. The van der Waals surface area contributed by atoms with Crippen molar-refractivity contribution in [1.29, 1.82) is 0 Å². The van der Waals surface area contributed by atoms with Crippen LogP contribution in [0.3, 0.4) is 0 Å². The Balaban J connectivity index is 0. The van der Waals surface area contributed by atoms with Crippen molar-refractivity contribution in [2.45, 2.75) is 111 Å². The maximum absolute atomic E-state index is 10.3. The minimum absolute atomic E-state index is 0.0833. The van der Waals surface area contributed by atoms with Crippen molar-refractivity contribution in [3.63, 3.8) is 0 Å². The second-order valence-electron chi connectivity index (χ2n) is 7.94. The highest BCUT2D eigenvalue weighted by atomic mass is 32.3. The normalized spacial score (nSPS) is 11.8. The summed E-state index contributed by atoms with van der Waals surface area (Å²) in [4.78, 5) is 2.18. The first kappa shape index (κ1) is 32.7. The van der Waals surface area contributed by atoms with Gasteiger partial charge in [0, 0.05) is 6.54 Å². The lowest BCUT2D eigenvalue weighted by Gasteiger charge is -2.15. The Morgan fingerprint density at radius 2 is 1.19 bits per heavy atom. The monoisotopic (exact) mass is 465 g/mol. The van der Waals surface area contributed by atoms with Crippen LogP contribution in [0.25, 0.3) is 0 Å². The van der Waals surface area contributed by atoms with Crippen molar-refractivity contribution in [2.75, 3.05) is 32.8 Å². The fourth-order valence-electron chi connectivity index (χ4n) is 3.20. The van der Waals surface area contributed by atoms with E-state index in [9.17, 15) is 8.42 Å². The SMILES string of the molecule is CCCCCCCC/C=C\CCCCCCCCOS(=O)(=O)O.CCN(CC)CCO. The number of aliphatic hydroxyl groups is 1. The molecule has 0 aromatic carbocycles. The van der Waals surface area contributed by atoms with Gasteiger partial charge in [-0.1, -0.05) is 90.7 Å². The van der Waals surface area contributed by atoms with E-state index in [0.29, 0.717) is 6.42 Å². The molecule has 0 unspecified atom stereocenters. The molecule has 0 saturated heterocycles. The molecule has 0 amide bonds. The Labute approximate surface area is 193 Å². The Hall–Kier alpha value is -0.470. The van der Waals surface area contributed by atoms with E-state index in [1.165, 1.54) is 70.6 Å². The van der Waals surface area contributed by atoms with E-state index in [4.69, 9.17) is 9.66 Å². The Morgan fingerprint density at radius 3 is 1.58 bits per heavy atom. The van der Waals surface area contributed by atoms with Crippen molar-refractivity contribution in [3.8, 4) is 0 Å².